The molecule has 1 unspecified atom stereocenters. The number of hydrogen-bond acceptors (Lipinski definition) is 2. The highest BCUT2D eigenvalue weighted by Crippen LogP contribution is 2.16. The molecule has 0 bridgehead atoms. The molecule has 1 rings (SSSR count). The first kappa shape index (κ1) is 9.23. The highest BCUT2D eigenvalue weighted by molar-refractivity contribution is 5.27. The summed E-state index contributed by atoms with van der Waals surface area (Å²) >= 11 is 0. The molecule has 0 aliphatic carbocycles. The molecule has 0 aliphatic heterocycles. The summed E-state index contributed by atoms with van der Waals surface area (Å²) in [6.45, 7) is 1.82. The van der Waals surface area contributed by atoms with Crippen LogP contribution < -0.4 is 0 Å². The molecule has 12 heavy (non-hydrogen) atoms. The average Bonchev–Trinajstić information content (AvgIpc) is 2.17. The lowest BCUT2D eigenvalue weighted by Crippen LogP contribution is -2.17. The van der Waals surface area contributed by atoms with Crippen LogP contribution in [0.3, 0.4) is 0 Å². The van der Waals surface area contributed by atoms with Gasteiger partial charge in [-0.2, -0.15) is 0 Å². The molecule has 2 N–H and O–H groups in total. The van der Waals surface area contributed by atoms with E-state index in [1.54, 1.807) is 12.1 Å². The van der Waals surface area contributed by atoms with E-state index in [4.69, 9.17) is 0 Å². The highest BCUT2D eigenvalue weighted by atomic mass is 16.3. The van der Waals surface area contributed by atoms with Gasteiger partial charge in [-0.25, -0.2) is 0 Å². The van der Waals surface area contributed by atoms with E-state index in [2.05, 4.69) is 0 Å². The van der Waals surface area contributed by atoms with Crippen molar-refractivity contribution in [3.8, 4) is 0 Å². The summed E-state index contributed by atoms with van der Waals surface area (Å²) in [5, 5.41) is 18.7. The second-order valence-corrected chi connectivity index (χ2v) is 2.68. The normalized spacial score (nSPS) is 13.3. The first-order chi connectivity index (χ1) is 5.75. The molecular weight excluding hydrogens is 152 g/mol. The van der Waals surface area contributed by atoms with E-state index >= 15 is 0 Å². The number of rotatable bonds is 3. The fourth-order valence-electron chi connectivity index (χ4n) is 0.995. The van der Waals surface area contributed by atoms with Gasteiger partial charge in [0.05, 0.1) is 6.10 Å². The minimum absolute atomic E-state index is 0.0538. The maximum atomic E-state index is 9.46. The third-order valence-corrected chi connectivity index (χ3v) is 1.77. The Balaban J connectivity index is 2.71. The van der Waals surface area contributed by atoms with E-state index in [1.807, 2.05) is 25.1 Å². The molecule has 0 aliphatic rings. The molecule has 0 spiro atoms. The average molecular weight is 165 g/mol. The van der Waals surface area contributed by atoms with E-state index in [-0.39, 0.29) is 6.10 Å². The van der Waals surface area contributed by atoms with Gasteiger partial charge in [-0.15, -0.1) is 0 Å². The minimum Gasteiger partial charge on any atom is -0.390 e. The summed E-state index contributed by atoms with van der Waals surface area (Å²) in [6, 6.07) is 9.07. The zero-order valence-corrected chi connectivity index (χ0v) is 7.07. The molecule has 1 aromatic carbocycles. The maximum absolute atomic E-state index is 9.46. The number of benzene rings is 1. The van der Waals surface area contributed by atoms with Gasteiger partial charge in [0.1, 0.15) is 0 Å². The van der Waals surface area contributed by atoms with Crippen LogP contribution in [0.2, 0.25) is 0 Å². The third kappa shape index (κ3) is 2.06. The van der Waals surface area contributed by atoms with E-state index in [0.29, 0.717) is 12.0 Å². The fourth-order valence-corrected chi connectivity index (χ4v) is 0.995. The first-order valence-electron chi connectivity index (χ1n) is 4.05. The zero-order valence-electron chi connectivity index (χ0n) is 7.07. The third-order valence-electron chi connectivity index (χ3n) is 1.77. The van der Waals surface area contributed by atoms with Crippen LogP contribution in [0.25, 0.3) is 0 Å². The highest BCUT2D eigenvalue weighted by Gasteiger charge is 2.16. The molecule has 2 heteroatoms. The van der Waals surface area contributed by atoms with Crippen LogP contribution in [0.1, 0.15) is 18.9 Å². The summed E-state index contributed by atoms with van der Waals surface area (Å²) in [7, 11) is 0. The van der Waals surface area contributed by atoms with Gasteiger partial charge in [0.15, 0.2) is 6.10 Å². The predicted octanol–water partition coefficient (Wildman–Crippen LogP) is 1.71. The standard InChI is InChI=1S/C10H13O2/c1-2-9(11)10(12)8-6-4-3-5-7-8/h3-7,9,11-12H,2H2,1H3. The van der Waals surface area contributed by atoms with Gasteiger partial charge in [-0.3, -0.25) is 0 Å². The molecular formula is C10H13O2. The van der Waals surface area contributed by atoms with Crippen LogP contribution in [0.15, 0.2) is 30.3 Å². The van der Waals surface area contributed by atoms with Crippen molar-refractivity contribution in [1.82, 2.24) is 0 Å². The Morgan fingerprint density at radius 1 is 1.33 bits per heavy atom. The summed E-state index contributed by atoms with van der Waals surface area (Å²) in [5.74, 6) is 0. The second kappa shape index (κ2) is 4.24. The molecule has 0 saturated carbocycles. The van der Waals surface area contributed by atoms with Crippen molar-refractivity contribution in [3.63, 3.8) is 0 Å². The van der Waals surface area contributed by atoms with Gasteiger partial charge in [0.2, 0.25) is 0 Å². The van der Waals surface area contributed by atoms with Crippen molar-refractivity contribution in [3.05, 3.63) is 42.0 Å². The summed E-state index contributed by atoms with van der Waals surface area (Å²) in [6.07, 6.45) is -0.161. The van der Waals surface area contributed by atoms with Crippen molar-refractivity contribution >= 4 is 0 Å². The molecule has 0 amide bonds. The Kier molecular flexibility index (Phi) is 3.26. The van der Waals surface area contributed by atoms with Crippen molar-refractivity contribution < 1.29 is 10.2 Å². The Bertz CT molecular complexity index is 221. The molecule has 0 heterocycles. The lowest BCUT2D eigenvalue weighted by Gasteiger charge is -2.14. The lowest BCUT2D eigenvalue weighted by molar-refractivity contribution is 0.110. The Hall–Kier alpha value is -0.860. The predicted molar refractivity (Wildman–Crippen MR) is 47.0 cm³/mol. The van der Waals surface area contributed by atoms with E-state index in [0.717, 1.165) is 0 Å². The molecule has 0 fully saturated rings. The Morgan fingerprint density at radius 2 is 1.92 bits per heavy atom. The summed E-state index contributed by atoms with van der Waals surface area (Å²) in [5.41, 5.74) is 0.687. The van der Waals surface area contributed by atoms with Crippen LogP contribution in [-0.4, -0.2) is 16.3 Å². The van der Waals surface area contributed by atoms with Crippen LogP contribution >= 0.6 is 0 Å². The minimum atomic E-state index is -0.743. The number of aliphatic hydroxyl groups excluding tert-OH is 2. The Morgan fingerprint density at radius 3 is 2.42 bits per heavy atom. The lowest BCUT2D eigenvalue weighted by atomic mass is 10.0. The summed E-state index contributed by atoms with van der Waals surface area (Å²) < 4.78 is 0. The van der Waals surface area contributed by atoms with Crippen molar-refractivity contribution in [2.24, 2.45) is 0 Å². The second-order valence-electron chi connectivity index (χ2n) is 2.68. The molecule has 1 aromatic rings. The van der Waals surface area contributed by atoms with E-state index in [9.17, 15) is 10.2 Å². The SMILES string of the molecule is CCC(O)[C](O)c1ccccc1. The van der Waals surface area contributed by atoms with Crippen molar-refractivity contribution in [2.45, 2.75) is 19.4 Å². The van der Waals surface area contributed by atoms with Gasteiger partial charge in [-0.05, 0) is 12.0 Å². The van der Waals surface area contributed by atoms with Crippen LogP contribution in [0, 0.1) is 6.10 Å². The van der Waals surface area contributed by atoms with E-state index in [1.165, 1.54) is 0 Å². The number of aliphatic hydroxyl groups is 2. The molecule has 0 saturated heterocycles. The summed E-state index contributed by atoms with van der Waals surface area (Å²) in [4.78, 5) is 0. The molecule has 0 aromatic heterocycles. The van der Waals surface area contributed by atoms with Gasteiger partial charge < -0.3 is 10.2 Å². The van der Waals surface area contributed by atoms with Crippen LogP contribution in [-0.2, 0) is 0 Å². The quantitative estimate of drug-likeness (QED) is 0.715. The zero-order chi connectivity index (χ0) is 8.97. The molecule has 1 radical (unpaired) electrons. The van der Waals surface area contributed by atoms with Crippen molar-refractivity contribution in [1.29, 1.82) is 0 Å². The van der Waals surface area contributed by atoms with E-state index < -0.39 is 6.10 Å². The fraction of sp³-hybridized carbons (Fsp3) is 0.300. The number of hydrogen-bond donors (Lipinski definition) is 2. The largest absolute Gasteiger partial charge is 0.390 e. The van der Waals surface area contributed by atoms with Gasteiger partial charge in [0, 0.05) is 0 Å². The molecule has 1 atom stereocenters. The smallest absolute Gasteiger partial charge is 0.151 e. The van der Waals surface area contributed by atoms with Crippen LogP contribution in [0.5, 0.6) is 0 Å². The van der Waals surface area contributed by atoms with Crippen molar-refractivity contribution in [2.75, 3.05) is 0 Å². The molecule has 65 valence electrons. The van der Waals surface area contributed by atoms with Gasteiger partial charge in [-0.1, -0.05) is 37.3 Å². The van der Waals surface area contributed by atoms with Crippen LogP contribution in [0.4, 0.5) is 0 Å². The Labute approximate surface area is 72.5 Å². The van der Waals surface area contributed by atoms with Gasteiger partial charge >= 0.3 is 0 Å². The monoisotopic (exact) mass is 165 g/mol. The topological polar surface area (TPSA) is 40.5 Å². The van der Waals surface area contributed by atoms with Gasteiger partial charge in [0.25, 0.3) is 0 Å². The molecule has 2 nitrogen and oxygen atoms in total. The first-order valence-corrected chi connectivity index (χ1v) is 4.05. The maximum Gasteiger partial charge on any atom is 0.151 e.